The first-order chi connectivity index (χ1) is 16.4. The molecule has 0 fully saturated rings. The van der Waals surface area contributed by atoms with Crippen molar-refractivity contribution < 1.29 is 19.2 Å². The van der Waals surface area contributed by atoms with E-state index in [9.17, 15) is 19.7 Å². The molecular weight excluding hydrogens is 448 g/mol. The Morgan fingerprint density at radius 1 is 1.20 bits per heavy atom. The number of hydrogen-bond donors (Lipinski definition) is 2. The standard InChI is InChI=1S/C26H34N4O5/c1-16(2)22-25(32)29(14-13-17-7-10-19(35-6)11-8-17)23(24(31)28-26(3,4)5)20-15-18(30(33)34)9-12-21(20)27-22/h7-12,15-16,22-23,27H,13-14H2,1-6H3,(H,28,31)/t22-,23?/m1/s1. The molecule has 2 aromatic rings. The summed E-state index contributed by atoms with van der Waals surface area (Å²) >= 11 is 0. The van der Waals surface area contributed by atoms with E-state index >= 15 is 0 Å². The summed E-state index contributed by atoms with van der Waals surface area (Å²) < 4.78 is 5.22. The average molecular weight is 483 g/mol. The van der Waals surface area contributed by atoms with Gasteiger partial charge in [-0.25, -0.2) is 0 Å². The zero-order valence-corrected chi connectivity index (χ0v) is 21.1. The highest BCUT2D eigenvalue weighted by Gasteiger charge is 2.41. The minimum atomic E-state index is -1.02. The molecule has 1 unspecified atom stereocenters. The fraction of sp³-hybridized carbons (Fsp3) is 0.462. The second-order valence-electron chi connectivity index (χ2n) is 10.2. The van der Waals surface area contributed by atoms with Crippen molar-refractivity contribution in [1.82, 2.24) is 10.2 Å². The highest BCUT2D eigenvalue weighted by molar-refractivity contribution is 5.95. The number of amides is 2. The van der Waals surface area contributed by atoms with Gasteiger partial charge in [0.1, 0.15) is 17.8 Å². The van der Waals surface area contributed by atoms with Gasteiger partial charge in [0.2, 0.25) is 11.8 Å². The smallest absolute Gasteiger partial charge is 0.269 e. The van der Waals surface area contributed by atoms with Crippen LogP contribution >= 0.6 is 0 Å². The number of non-ortho nitro benzene ring substituents is 1. The van der Waals surface area contributed by atoms with Crippen LogP contribution in [0.3, 0.4) is 0 Å². The number of benzene rings is 2. The third-order valence-electron chi connectivity index (χ3n) is 5.93. The van der Waals surface area contributed by atoms with E-state index in [1.165, 1.54) is 12.1 Å². The first-order valence-electron chi connectivity index (χ1n) is 11.7. The predicted octanol–water partition coefficient (Wildman–Crippen LogP) is 4.08. The van der Waals surface area contributed by atoms with Crippen LogP contribution in [0.15, 0.2) is 42.5 Å². The van der Waals surface area contributed by atoms with Crippen molar-refractivity contribution in [1.29, 1.82) is 0 Å². The number of fused-ring (bicyclic) bond motifs is 1. The van der Waals surface area contributed by atoms with Crippen molar-refractivity contribution in [3.05, 3.63) is 63.7 Å². The Kier molecular flexibility index (Phi) is 7.67. The number of anilines is 1. The Balaban J connectivity index is 2.09. The monoisotopic (exact) mass is 482 g/mol. The fourth-order valence-corrected chi connectivity index (χ4v) is 4.18. The highest BCUT2D eigenvalue weighted by atomic mass is 16.6. The largest absolute Gasteiger partial charge is 0.497 e. The van der Waals surface area contributed by atoms with Gasteiger partial charge < -0.3 is 20.3 Å². The van der Waals surface area contributed by atoms with E-state index in [4.69, 9.17) is 4.74 Å². The Morgan fingerprint density at radius 3 is 2.40 bits per heavy atom. The molecule has 0 aliphatic carbocycles. The van der Waals surface area contributed by atoms with Gasteiger partial charge in [-0.2, -0.15) is 0 Å². The summed E-state index contributed by atoms with van der Waals surface area (Å²) in [5, 5.41) is 17.8. The molecular formula is C26H34N4O5. The van der Waals surface area contributed by atoms with E-state index in [2.05, 4.69) is 10.6 Å². The number of nitro benzene ring substituents is 1. The van der Waals surface area contributed by atoms with Crippen molar-refractivity contribution in [3.63, 3.8) is 0 Å². The molecule has 35 heavy (non-hydrogen) atoms. The van der Waals surface area contributed by atoms with Crippen molar-refractivity contribution in [2.24, 2.45) is 5.92 Å². The summed E-state index contributed by atoms with van der Waals surface area (Å²) in [5.41, 5.74) is 1.24. The van der Waals surface area contributed by atoms with E-state index in [0.717, 1.165) is 11.3 Å². The second-order valence-corrected chi connectivity index (χ2v) is 10.2. The molecule has 3 rings (SSSR count). The fourth-order valence-electron chi connectivity index (χ4n) is 4.18. The van der Waals surface area contributed by atoms with Crippen molar-refractivity contribution in [2.75, 3.05) is 19.0 Å². The van der Waals surface area contributed by atoms with Gasteiger partial charge >= 0.3 is 0 Å². The van der Waals surface area contributed by atoms with Crippen molar-refractivity contribution >= 4 is 23.2 Å². The lowest BCUT2D eigenvalue weighted by molar-refractivity contribution is -0.384. The van der Waals surface area contributed by atoms with Crippen LogP contribution in [0.25, 0.3) is 0 Å². The van der Waals surface area contributed by atoms with Crippen LogP contribution in [-0.4, -0.2) is 46.9 Å². The van der Waals surface area contributed by atoms with Crippen LogP contribution in [0.1, 0.15) is 51.8 Å². The molecule has 188 valence electrons. The number of ether oxygens (including phenoxy) is 1. The summed E-state index contributed by atoms with van der Waals surface area (Å²) in [6, 6.07) is 10.3. The number of carbonyl (C=O) groups excluding carboxylic acids is 2. The van der Waals surface area contributed by atoms with E-state index in [1.54, 1.807) is 18.1 Å². The number of methoxy groups -OCH3 is 1. The van der Waals surface area contributed by atoms with Gasteiger partial charge in [-0.1, -0.05) is 26.0 Å². The predicted molar refractivity (Wildman–Crippen MR) is 134 cm³/mol. The minimum absolute atomic E-state index is 0.0709. The normalized spacial score (nSPS) is 17.9. The molecule has 0 aromatic heterocycles. The lowest BCUT2D eigenvalue weighted by atomic mass is 9.99. The number of rotatable bonds is 7. The van der Waals surface area contributed by atoms with Gasteiger partial charge in [-0.05, 0) is 56.9 Å². The Morgan fingerprint density at radius 2 is 1.86 bits per heavy atom. The lowest BCUT2D eigenvalue weighted by Crippen LogP contribution is -2.52. The van der Waals surface area contributed by atoms with Crippen LogP contribution in [0, 0.1) is 16.0 Å². The molecule has 0 bridgehead atoms. The van der Waals surface area contributed by atoms with Crippen LogP contribution < -0.4 is 15.4 Å². The van der Waals surface area contributed by atoms with Gasteiger partial charge in [0.25, 0.3) is 5.69 Å². The van der Waals surface area contributed by atoms with Gasteiger partial charge in [0, 0.05) is 35.5 Å². The first kappa shape index (κ1) is 26.0. The second kappa shape index (κ2) is 10.3. The molecule has 0 radical (unpaired) electrons. The zero-order chi connectivity index (χ0) is 25.9. The SMILES string of the molecule is COc1ccc(CCN2C(=O)[C@@H](C(C)C)Nc3ccc([N+](=O)[O-])cc3C2C(=O)NC(C)(C)C)cc1. The maximum Gasteiger partial charge on any atom is 0.269 e. The first-order valence-corrected chi connectivity index (χ1v) is 11.7. The molecule has 1 heterocycles. The third kappa shape index (κ3) is 6.09. The van der Waals surface area contributed by atoms with Crippen LogP contribution in [0.2, 0.25) is 0 Å². The zero-order valence-electron chi connectivity index (χ0n) is 21.1. The van der Waals surface area contributed by atoms with Crippen LogP contribution in [0.5, 0.6) is 5.75 Å². The van der Waals surface area contributed by atoms with E-state index in [0.29, 0.717) is 17.7 Å². The molecule has 1 aliphatic heterocycles. The molecule has 0 spiro atoms. The molecule has 0 saturated heterocycles. The van der Waals surface area contributed by atoms with Gasteiger partial charge in [0.15, 0.2) is 0 Å². The summed E-state index contributed by atoms with van der Waals surface area (Å²) in [6.07, 6.45) is 0.504. The highest BCUT2D eigenvalue weighted by Crippen LogP contribution is 2.36. The summed E-state index contributed by atoms with van der Waals surface area (Å²) in [4.78, 5) is 40.0. The maximum absolute atomic E-state index is 13.8. The van der Waals surface area contributed by atoms with E-state index in [1.807, 2.05) is 58.9 Å². The number of nitro groups is 1. The molecule has 9 nitrogen and oxygen atoms in total. The molecule has 0 saturated carbocycles. The Labute approximate surface area is 206 Å². The molecule has 9 heteroatoms. The minimum Gasteiger partial charge on any atom is -0.497 e. The number of nitrogens with zero attached hydrogens (tertiary/aromatic N) is 2. The van der Waals surface area contributed by atoms with Crippen molar-refractivity contribution in [3.8, 4) is 5.75 Å². The number of nitrogens with one attached hydrogen (secondary N) is 2. The van der Waals surface area contributed by atoms with E-state index in [-0.39, 0.29) is 30.0 Å². The molecule has 1 aliphatic rings. The lowest BCUT2D eigenvalue weighted by Gasteiger charge is -2.34. The molecule has 2 N–H and O–H groups in total. The third-order valence-corrected chi connectivity index (χ3v) is 5.93. The van der Waals surface area contributed by atoms with Crippen LogP contribution in [0.4, 0.5) is 11.4 Å². The number of carbonyl (C=O) groups is 2. The summed E-state index contributed by atoms with van der Waals surface area (Å²) in [6.45, 7) is 9.69. The Hall–Kier alpha value is -3.62. The van der Waals surface area contributed by atoms with E-state index < -0.39 is 22.5 Å². The molecule has 2 atom stereocenters. The summed E-state index contributed by atoms with van der Waals surface area (Å²) in [7, 11) is 1.60. The molecule has 2 amide bonds. The average Bonchev–Trinajstić information content (AvgIpc) is 2.90. The topological polar surface area (TPSA) is 114 Å². The van der Waals surface area contributed by atoms with Gasteiger partial charge in [-0.15, -0.1) is 0 Å². The Bertz CT molecular complexity index is 1090. The molecule has 2 aromatic carbocycles. The quantitative estimate of drug-likeness (QED) is 0.454. The van der Waals surface area contributed by atoms with Gasteiger partial charge in [-0.3, -0.25) is 19.7 Å². The maximum atomic E-state index is 13.8. The summed E-state index contributed by atoms with van der Waals surface area (Å²) in [5.74, 6) is 0.0563. The van der Waals surface area contributed by atoms with Crippen molar-refractivity contribution in [2.45, 2.75) is 58.7 Å². The van der Waals surface area contributed by atoms with Gasteiger partial charge in [0.05, 0.1) is 12.0 Å². The van der Waals surface area contributed by atoms with Crippen LogP contribution in [-0.2, 0) is 16.0 Å². The number of hydrogen-bond acceptors (Lipinski definition) is 6.